The lowest BCUT2D eigenvalue weighted by molar-refractivity contribution is -0.146. The number of amides is 3. The van der Waals surface area contributed by atoms with Crippen LogP contribution in [0.1, 0.15) is 58.4 Å². The second-order valence-corrected chi connectivity index (χ2v) is 10.8. The van der Waals surface area contributed by atoms with E-state index in [0.29, 0.717) is 18.8 Å². The summed E-state index contributed by atoms with van der Waals surface area (Å²) in [6.07, 6.45) is 1.92. The molecule has 230 valence electrons. The van der Waals surface area contributed by atoms with E-state index in [1.165, 1.54) is 10.4 Å². The minimum absolute atomic E-state index is 0.0745. The quantitative estimate of drug-likeness (QED) is 0.0718. The number of tetrazole rings is 1. The van der Waals surface area contributed by atoms with Crippen LogP contribution in [0.4, 0.5) is 0 Å². The molecule has 1 unspecified atom stereocenters. The molecule has 13 heteroatoms. The molecular formula is C30H39N7O6. The smallest absolute Gasteiger partial charge is 0.305 e. The van der Waals surface area contributed by atoms with Crippen molar-refractivity contribution in [2.45, 2.75) is 65.5 Å². The first-order valence-electron chi connectivity index (χ1n) is 14.3. The fourth-order valence-electron chi connectivity index (χ4n) is 4.79. The highest BCUT2D eigenvalue weighted by Gasteiger charge is 2.33. The van der Waals surface area contributed by atoms with Gasteiger partial charge in [0, 0.05) is 18.7 Å². The molecule has 1 heterocycles. The van der Waals surface area contributed by atoms with Crippen LogP contribution in [0, 0.1) is 11.8 Å². The summed E-state index contributed by atoms with van der Waals surface area (Å²) in [5.74, 6) is -4.41. The summed E-state index contributed by atoms with van der Waals surface area (Å²) in [4.78, 5) is 52.2. The van der Waals surface area contributed by atoms with E-state index in [-0.39, 0.29) is 18.9 Å². The largest absolute Gasteiger partial charge is 0.481 e. The maximum absolute atomic E-state index is 13.7. The normalized spacial score (nSPS) is 12.4. The van der Waals surface area contributed by atoms with Gasteiger partial charge in [0.15, 0.2) is 5.82 Å². The van der Waals surface area contributed by atoms with Crippen molar-refractivity contribution in [1.29, 1.82) is 0 Å². The highest BCUT2D eigenvalue weighted by molar-refractivity contribution is 6.02. The van der Waals surface area contributed by atoms with Gasteiger partial charge in [0.05, 0.1) is 6.42 Å². The van der Waals surface area contributed by atoms with Crippen LogP contribution in [-0.4, -0.2) is 72.1 Å². The maximum Gasteiger partial charge on any atom is 0.305 e. The predicted molar refractivity (Wildman–Crippen MR) is 157 cm³/mol. The Bertz CT molecular complexity index is 1360. The summed E-state index contributed by atoms with van der Waals surface area (Å²) < 4.78 is 0. The van der Waals surface area contributed by atoms with Crippen LogP contribution in [0.15, 0.2) is 48.5 Å². The Hall–Kier alpha value is -4.65. The Balaban J connectivity index is 1.84. The zero-order chi connectivity index (χ0) is 31.4. The number of carboxylic acid groups (broad SMARTS) is 1. The number of nitrogens with one attached hydrogen (secondary N) is 3. The van der Waals surface area contributed by atoms with E-state index in [2.05, 4.69) is 25.9 Å². The zero-order valence-corrected chi connectivity index (χ0v) is 24.6. The molecule has 43 heavy (non-hydrogen) atoms. The Kier molecular flexibility index (Phi) is 12.3. The third-order valence-electron chi connectivity index (χ3n) is 6.95. The molecule has 0 bridgehead atoms. The standard InChI is InChI=1S/C30H39N7O6/c1-4-5-8-15-37(30(42)25(17-26(38)39)31-28(40)24(16-19(2)3)29(41)34-43)18-20-11-13-21(14-12-20)22-9-6-7-10-23(22)27-32-35-36-33-27/h6-7,9-14,19,24-25,43H,4-5,8,15-18H2,1-3H3,(H,31,40)(H,34,41)(H,38,39)(H,32,33,35,36)/t24?,25-/m0/s1. The van der Waals surface area contributed by atoms with Crippen LogP contribution in [0.3, 0.4) is 0 Å². The molecule has 13 nitrogen and oxygen atoms in total. The first-order chi connectivity index (χ1) is 20.6. The molecule has 0 fully saturated rings. The van der Waals surface area contributed by atoms with E-state index in [0.717, 1.165) is 35.1 Å². The van der Waals surface area contributed by atoms with Gasteiger partial charge in [0.25, 0.3) is 5.91 Å². The number of hydrogen-bond acceptors (Lipinski definition) is 8. The average Bonchev–Trinajstić information content (AvgIpc) is 3.53. The lowest BCUT2D eigenvalue weighted by Crippen LogP contribution is -2.52. The number of carbonyl (C=O) groups is 4. The van der Waals surface area contributed by atoms with Gasteiger partial charge < -0.3 is 15.3 Å². The van der Waals surface area contributed by atoms with E-state index in [1.54, 1.807) is 13.8 Å². The molecule has 5 N–H and O–H groups in total. The van der Waals surface area contributed by atoms with Crippen LogP contribution < -0.4 is 10.8 Å². The monoisotopic (exact) mass is 593 g/mol. The number of hydroxylamine groups is 1. The van der Waals surface area contributed by atoms with Gasteiger partial charge in [-0.25, -0.2) is 10.6 Å². The van der Waals surface area contributed by atoms with Crippen molar-refractivity contribution in [2.24, 2.45) is 11.8 Å². The van der Waals surface area contributed by atoms with Crippen LogP contribution in [-0.2, 0) is 25.7 Å². The maximum atomic E-state index is 13.7. The molecule has 3 amide bonds. The molecule has 0 spiro atoms. The molecule has 1 aromatic heterocycles. The number of H-pyrrole nitrogens is 1. The average molecular weight is 594 g/mol. The lowest BCUT2D eigenvalue weighted by atomic mass is 9.95. The van der Waals surface area contributed by atoms with Gasteiger partial charge in [-0.2, -0.15) is 0 Å². The molecule has 3 aromatic rings. The summed E-state index contributed by atoms with van der Waals surface area (Å²) in [7, 11) is 0. The second-order valence-electron chi connectivity index (χ2n) is 10.8. The summed E-state index contributed by atoms with van der Waals surface area (Å²) in [6, 6.07) is 13.9. The van der Waals surface area contributed by atoms with Gasteiger partial charge in [-0.1, -0.05) is 82.1 Å². The fourth-order valence-corrected chi connectivity index (χ4v) is 4.79. The number of benzene rings is 2. The van der Waals surface area contributed by atoms with E-state index in [1.807, 2.05) is 55.5 Å². The number of carbonyl (C=O) groups excluding carboxylic acids is 3. The highest BCUT2D eigenvalue weighted by atomic mass is 16.5. The number of rotatable bonds is 16. The van der Waals surface area contributed by atoms with E-state index < -0.39 is 42.1 Å². The molecule has 0 aliphatic rings. The third-order valence-corrected chi connectivity index (χ3v) is 6.95. The molecule has 2 atom stereocenters. The highest BCUT2D eigenvalue weighted by Crippen LogP contribution is 2.30. The van der Waals surface area contributed by atoms with Gasteiger partial charge in [0.2, 0.25) is 11.8 Å². The second kappa shape index (κ2) is 16.1. The van der Waals surface area contributed by atoms with Gasteiger partial charge in [0.1, 0.15) is 12.0 Å². The molecule has 0 saturated carbocycles. The zero-order valence-electron chi connectivity index (χ0n) is 24.6. The molecule has 3 rings (SSSR count). The predicted octanol–water partition coefficient (Wildman–Crippen LogP) is 3.18. The topological polar surface area (TPSA) is 190 Å². The van der Waals surface area contributed by atoms with Crippen LogP contribution in [0.2, 0.25) is 0 Å². The number of hydrogen-bond donors (Lipinski definition) is 5. The van der Waals surface area contributed by atoms with E-state index >= 15 is 0 Å². The number of unbranched alkanes of at least 4 members (excludes halogenated alkanes) is 2. The number of aromatic amines is 1. The van der Waals surface area contributed by atoms with Crippen molar-refractivity contribution in [2.75, 3.05) is 6.54 Å². The molecule has 0 radical (unpaired) electrons. The Morgan fingerprint density at radius 3 is 2.26 bits per heavy atom. The van der Waals surface area contributed by atoms with Gasteiger partial charge in [-0.3, -0.25) is 24.4 Å². The number of aliphatic carboxylic acids is 1. The molecule has 0 aliphatic heterocycles. The summed E-state index contributed by atoms with van der Waals surface area (Å²) in [6.45, 7) is 6.18. The summed E-state index contributed by atoms with van der Waals surface area (Å²) >= 11 is 0. The van der Waals surface area contributed by atoms with Crippen molar-refractivity contribution in [3.05, 3.63) is 54.1 Å². The number of carboxylic acids is 1. The number of aromatic nitrogens is 4. The minimum atomic E-state index is -1.39. The van der Waals surface area contributed by atoms with Gasteiger partial charge in [-0.15, -0.1) is 5.10 Å². The molecule has 2 aromatic carbocycles. The summed E-state index contributed by atoms with van der Waals surface area (Å²) in [5.41, 5.74) is 4.95. The minimum Gasteiger partial charge on any atom is -0.481 e. The lowest BCUT2D eigenvalue weighted by Gasteiger charge is -2.28. The SMILES string of the molecule is CCCCCN(Cc1ccc(-c2ccccc2-c2nnn[nH]2)cc1)C(=O)[C@H](CC(=O)O)NC(=O)C(CC(C)C)C(=O)NO. The fraction of sp³-hybridized carbons (Fsp3) is 0.433. The Labute approximate surface area is 250 Å². The Morgan fingerprint density at radius 2 is 1.67 bits per heavy atom. The van der Waals surface area contributed by atoms with Crippen LogP contribution in [0.5, 0.6) is 0 Å². The summed E-state index contributed by atoms with van der Waals surface area (Å²) in [5, 5.41) is 35.3. The Morgan fingerprint density at radius 1 is 0.977 bits per heavy atom. The molecule has 0 aliphatic carbocycles. The van der Waals surface area contributed by atoms with Crippen molar-refractivity contribution >= 4 is 23.7 Å². The van der Waals surface area contributed by atoms with Crippen molar-refractivity contribution < 1.29 is 29.5 Å². The van der Waals surface area contributed by atoms with E-state index in [4.69, 9.17) is 5.21 Å². The van der Waals surface area contributed by atoms with Gasteiger partial charge in [-0.05, 0) is 45.9 Å². The van der Waals surface area contributed by atoms with Crippen molar-refractivity contribution in [3.63, 3.8) is 0 Å². The molecular weight excluding hydrogens is 554 g/mol. The van der Waals surface area contributed by atoms with Crippen molar-refractivity contribution in [3.8, 4) is 22.5 Å². The van der Waals surface area contributed by atoms with Crippen LogP contribution in [0.25, 0.3) is 22.5 Å². The van der Waals surface area contributed by atoms with E-state index in [9.17, 15) is 24.3 Å². The third kappa shape index (κ3) is 9.43. The number of nitrogens with zero attached hydrogens (tertiary/aromatic N) is 4. The first kappa shape index (κ1) is 32.9. The first-order valence-corrected chi connectivity index (χ1v) is 14.3. The van der Waals surface area contributed by atoms with Gasteiger partial charge >= 0.3 is 5.97 Å². The van der Waals surface area contributed by atoms with Crippen LogP contribution >= 0.6 is 0 Å². The van der Waals surface area contributed by atoms with Crippen molar-refractivity contribution in [1.82, 2.24) is 36.3 Å². The molecule has 0 saturated heterocycles.